The van der Waals surface area contributed by atoms with Crippen LogP contribution in [0, 0.1) is 0 Å². The van der Waals surface area contributed by atoms with E-state index in [-0.39, 0.29) is 11.8 Å². The fourth-order valence-corrected chi connectivity index (χ4v) is 3.65. The molecule has 0 aliphatic carbocycles. The lowest BCUT2D eigenvalue weighted by Gasteiger charge is -2.36. The van der Waals surface area contributed by atoms with Gasteiger partial charge in [-0.3, -0.25) is 14.5 Å². The molecule has 0 bridgehead atoms. The minimum atomic E-state index is -0.0411. The quantitative estimate of drug-likeness (QED) is 0.805. The van der Waals surface area contributed by atoms with E-state index in [1.165, 1.54) is 6.42 Å². The van der Waals surface area contributed by atoms with Crippen LogP contribution < -0.4 is 0 Å². The lowest BCUT2D eigenvalue weighted by Crippen LogP contribution is -2.52. The van der Waals surface area contributed by atoms with Crippen molar-refractivity contribution in [2.45, 2.75) is 19.3 Å². The van der Waals surface area contributed by atoms with E-state index in [4.69, 9.17) is 23.2 Å². The van der Waals surface area contributed by atoms with Crippen molar-refractivity contribution in [1.82, 2.24) is 14.7 Å². The summed E-state index contributed by atoms with van der Waals surface area (Å²) >= 11 is 11.9. The number of hydrogen-bond donors (Lipinski definition) is 0. The van der Waals surface area contributed by atoms with E-state index in [9.17, 15) is 9.59 Å². The summed E-state index contributed by atoms with van der Waals surface area (Å²) in [4.78, 5) is 30.8. The zero-order chi connectivity index (χ0) is 17.8. The predicted molar refractivity (Wildman–Crippen MR) is 99.2 cm³/mol. The highest BCUT2D eigenvalue weighted by Crippen LogP contribution is 2.23. The van der Waals surface area contributed by atoms with Gasteiger partial charge in [-0.25, -0.2) is 0 Å². The van der Waals surface area contributed by atoms with Crippen LogP contribution in [-0.2, 0) is 4.79 Å². The van der Waals surface area contributed by atoms with Crippen LogP contribution in [0.25, 0.3) is 0 Å². The lowest BCUT2D eigenvalue weighted by atomic mass is 10.1. The van der Waals surface area contributed by atoms with Gasteiger partial charge in [0.2, 0.25) is 5.91 Å². The van der Waals surface area contributed by atoms with Gasteiger partial charge in [0, 0.05) is 44.8 Å². The third-order valence-electron chi connectivity index (χ3n) is 4.89. The van der Waals surface area contributed by atoms with Crippen LogP contribution in [0.1, 0.15) is 29.6 Å². The maximum atomic E-state index is 12.6. The van der Waals surface area contributed by atoms with Crippen LogP contribution in [0.4, 0.5) is 0 Å². The summed E-state index contributed by atoms with van der Waals surface area (Å²) < 4.78 is 0. The molecule has 2 aliphatic rings. The molecule has 2 fully saturated rings. The number of piperazine rings is 1. The molecular weight excluding hydrogens is 361 g/mol. The summed E-state index contributed by atoms with van der Waals surface area (Å²) in [6.07, 6.45) is 3.44. The van der Waals surface area contributed by atoms with Crippen LogP contribution in [0.2, 0.25) is 10.0 Å². The Morgan fingerprint density at radius 1 is 0.840 bits per heavy atom. The number of piperidine rings is 1. The average molecular weight is 384 g/mol. The van der Waals surface area contributed by atoms with E-state index >= 15 is 0 Å². The van der Waals surface area contributed by atoms with Gasteiger partial charge in [0.1, 0.15) is 0 Å². The number of hydrogen-bond acceptors (Lipinski definition) is 3. The third-order valence-corrected chi connectivity index (χ3v) is 5.63. The first kappa shape index (κ1) is 18.5. The Morgan fingerprint density at radius 3 is 2.16 bits per heavy atom. The van der Waals surface area contributed by atoms with Crippen molar-refractivity contribution in [2.24, 2.45) is 0 Å². The van der Waals surface area contributed by atoms with Crippen molar-refractivity contribution in [1.29, 1.82) is 0 Å². The Hall–Kier alpha value is -1.30. The minimum Gasteiger partial charge on any atom is -0.342 e. The Kier molecular flexibility index (Phi) is 6.20. The summed E-state index contributed by atoms with van der Waals surface area (Å²) in [7, 11) is 0. The second kappa shape index (κ2) is 8.39. The number of carbonyl (C=O) groups excluding carboxylic acids is 2. The van der Waals surface area contributed by atoms with Gasteiger partial charge >= 0.3 is 0 Å². The molecule has 5 nitrogen and oxygen atoms in total. The summed E-state index contributed by atoms with van der Waals surface area (Å²) in [5.41, 5.74) is 0.548. The molecule has 3 rings (SSSR count). The molecule has 136 valence electrons. The average Bonchev–Trinajstić information content (AvgIpc) is 2.65. The largest absolute Gasteiger partial charge is 0.342 e. The van der Waals surface area contributed by atoms with E-state index in [2.05, 4.69) is 4.90 Å². The second-order valence-electron chi connectivity index (χ2n) is 6.64. The first-order chi connectivity index (χ1) is 12.0. The molecule has 2 amide bonds. The standard InChI is InChI=1S/C18H23Cl2N3O2/c19-15-5-4-14(12-16(15)20)18(25)23-10-8-21(9-11-23)13-17(24)22-6-2-1-3-7-22/h4-5,12H,1-3,6-11,13H2. The number of benzene rings is 1. The SMILES string of the molecule is O=C(CN1CCN(C(=O)c2ccc(Cl)c(Cl)c2)CC1)N1CCCCC1. The van der Waals surface area contributed by atoms with E-state index in [1.807, 2.05) is 4.90 Å². The summed E-state index contributed by atoms with van der Waals surface area (Å²) in [6.45, 7) is 4.88. The van der Waals surface area contributed by atoms with E-state index < -0.39 is 0 Å². The molecule has 0 N–H and O–H groups in total. The number of nitrogens with zero attached hydrogens (tertiary/aromatic N) is 3. The highest BCUT2D eigenvalue weighted by Gasteiger charge is 2.25. The molecule has 25 heavy (non-hydrogen) atoms. The summed E-state index contributed by atoms with van der Waals surface area (Å²) in [5.74, 6) is 0.171. The molecule has 0 atom stereocenters. The van der Waals surface area contributed by atoms with Crippen molar-refractivity contribution in [3.05, 3.63) is 33.8 Å². The van der Waals surface area contributed by atoms with Crippen LogP contribution in [0.15, 0.2) is 18.2 Å². The maximum absolute atomic E-state index is 12.6. The first-order valence-corrected chi connectivity index (χ1v) is 9.54. The number of rotatable bonds is 3. The van der Waals surface area contributed by atoms with Gasteiger partial charge in [-0.05, 0) is 37.5 Å². The highest BCUT2D eigenvalue weighted by molar-refractivity contribution is 6.42. The van der Waals surface area contributed by atoms with Crippen LogP contribution in [0.3, 0.4) is 0 Å². The number of carbonyl (C=O) groups is 2. The number of halogens is 2. The summed E-state index contributed by atoms with van der Waals surface area (Å²) in [6, 6.07) is 4.95. The molecule has 0 spiro atoms. The van der Waals surface area contributed by atoms with Gasteiger partial charge in [0.15, 0.2) is 0 Å². The van der Waals surface area contributed by atoms with Gasteiger partial charge in [-0.1, -0.05) is 23.2 Å². The smallest absolute Gasteiger partial charge is 0.253 e. The van der Waals surface area contributed by atoms with Gasteiger partial charge in [-0.15, -0.1) is 0 Å². The second-order valence-corrected chi connectivity index (χ2v) is 7.45. The van der Waals surface area contributed by atoms with E-state index in [1.54, 1.807) is 23.1 Å². The molecular formula is C18H23Cl2N3O2. The first-order valence-electron chi connectivity index (χ1n) is 8.79. The number of amides is 2. The molecule has 2 heterocycles. The van der Waals surface area contributed by atoms with Gasteiger partial charge < -0.3 is 9.80 Å². The van der Waals surface area contributed by atoms with Crippen molar-refractivity contribution in [2.75, 3.05) is 45.8 Å². The molecule has 0 saturated carbocycles. The molecule has 0 aromatic heterocycles. The molecule has 0 radical (unpaired) electrons. The highest BCUT2D eigenvalue weighted by atomic mass is 35.5. The number of likely N-dealkylation sites (tertiary alicyclic amines) is 1. The van der Waals surface area contributed by atoms with Crippen LogP contribution in [0.5, 0.6) is 0 Å². The third kappa shape index (κ3) is 4.66. The fraction of sp³-hybridized carbons (Fsp3) is 0.556. The van der Waals surface area contributed by atoms with Crippen molar-refractivity contribution >= 4 is 35.0 Å². The van der Waals surface area contributed by atoms with Gasteiger partial charge in [0.25, 0.3) is 5.91 Å². The van der Waals surface area contributed by atoms with Gasteiger partial charge in [-0.2, -0.15) is 0 Å². The van der Waals surface area contributed by atoms with Crippen molar-refractivity contribution < 1.29 is 9.59 Å². The Morgan fingerprint density at radius 2 is 1.52 bits per heavy atom. The normalized spacial score (nSPS) is 19.1. The van der Waals surface area contributed by atoms with Crippen LogP contribution >= 0.6 is 23.2 Å². The maximum Gasteiger partial charge on any atom is 0.253 e. The van der Waals surface area contributed by atoms with Crippen LogP contribution in [-0.4, -0.2) is 72.3 Å². The summed E-state index contributed by atoms with van der Waals surface area (Å²) in [5, 5.41) is 0.831. The Balaban J connectivity index is 1.50. The Labute approximate surface area is 158 Å². The predicted octanol–water partition coefficient (Wildman–Crippen LogP) is 2.76. The van der Waals surface area contributed by atoms with Gasteiger partial charge in [0.05, 0.1) is 16.6 Å². The zero-order valence-corrected chi connectivity index (χ0v) is 15.7. The fourth-order valence-electron chi connectivity index (χ4n) is 3.36. The molecule has 1 aromatic carbocycles. The molecule has 0 unspecified atom stereocenters. The topological polar surface area (TPSA) is 43.9 Å². The lowest BCUT2D eigenvalue weighted by molar-refractivity contribution is -0.133. The Bertz CT molecular complexity index is 639. The molecule has 7 heteroatoms. The molecule has 2 aliphatic heterocycles. The molecule has 2 saturated heterocycles. The van der Waals surface area contributed by atoms with Crippen molar-refractivity contribution in [3.8, 4) is 0 Å². The van der Waals surface area contributed by atoms with E-state index in [0.29, 0.717) is 48.3 Å². The monoisotopic (exact) mass is 383 g/mol. The molecule has 1 aromatic rings. The van der Waals surface area contributed by atoms with E-state index in [0.717, 1.165) is 25.9 Å². The van der Waals surface area contributed by atoms with Crippen molar-refractivity contribution in [3.63, 3.8) is 0 Å². The minimum absolute atomic E-state index is 0.0411. The zero-order valence-electron chi connectivity index (χ0n) is 14.2.